The third-order valence-electron chi connectivity index (χ3n) is 2.85. The summed E-state index contributed by atoms with van der Waals surface area (Å²) >= 11 is 0. The van der Waals surface area contributed by atoms with Gasteiger partial charge >= 0.3 is 5.97 Å². The number of hydrogen-bond acceptors (Lipinski definition) is 1. The molecular weight excluding hydrogens is 178 g/mol. The largest absolute Gasteiger partial charge is 0.481 e. The summed E-state index contributed by atoms with van der Waals surface area (Å²) in [6, 6.07) is 4.03. The first kappa shape index (κ1) is 10.8. The lowest BCUT2D eigenvalue weighted by molar-refractivity contribution is -0.142. The smallest absolute Gasteiger partial charge is 0.308 e. The summed E-state index contributed by atoms with van der Waals surface area (Å²) < 4.78 is 2.07. The standard InChI is InChI=1S/C11H17NO2/c1-7-5-6-8(2)12(7)10(4)9(3)11(13)14/h5-6,9-10H,1-4H3,(H,13,14). The van der Waals surface area contributed by atoms with Crippen LogP contribution in [-0.4, -0.2) is 15.6 Å². The van der Waals surface area contributed by atoms with Crippen LogP contribution < -0.4 is 0 Å². The van der Waals surface area contributed by atoms with Gasteiger partial charge in [-0.3, -0.25) is 4.79 Å². The van der Waals surface area contributed by atoms with Gasteiger partial charge in [-0.05, 0) is 39.8 Å². The molecule has 0 bridgehead atoms. The van der Waals surface area contributed by atoms with Crippen molar-refractivity contribution in [3.05, 3.63) is 23.5 Å². The molecule has 1 rings (SSSR count). The maximum atomic E-state index is 10.8. The van der Waals surface area contributed by atoms with E-state index in [9.17, 15) is 4.79 Å². The molecule has 1 heterocycles. The quantitative estimate of drug-likeness (QED) is 0.804. The number of rotatable bonds is 3. The number of hydrogen-bond donors (Lipinski definition) is 1. The SMILES string of the molecule is Cc1ccc(C)n1C(C)C(C)C(=O)O. The zero-order valence-electron chi connectivity index (χ0n) is 9.11. The van der Waals surface area contributed by atoms with Gasteiger partial charge < -0.3 is 9.67 Å². The van der Waals surface area contributed by atoms with Crippen LogP contribution in [0.15, 0.2) is 12.1 Å². The first-order valence-electron chi connectivity index (χ1n) is 4.82. The average Bonchev–Trinajstić information content (AvgIpc) is 2.44. The van der Waals surface area contributed by atoms with Crippen molar-refractivity contribution in [3.63, 3.8) is 0 Å². The van der Waals surface area contributed by atoms with Crippen LogP contribution in [0.4, 0.5) is 0 Å². The highest BCUT2D eigenvalue weighted by Gasteiger charge is 2.22. The molecule has 0 aliphatic heterocycles. The summed E-state index contributed by atoms with van der Waals surface area (Å²) in [6.45, 7) is 7.68. The van der Waals surface area contributed by atoms with Gasteiger partial charge in [0, 0.05) is 17.4 Å². The van der Waals surface area contributed by atoms with Gasteiger partial charge in [0.2, 0.25) is 0 Å². The molecular formula is C11H17NO2. The number of carboxylic acids is 1. The number of aromatic nitrogens is 1. The van der Waals surface area contributed by atoms with E-state index in [-0.39, 0.29) is 12.0 Å². The molecule has 0 amide bonds. The van der Waals surface area contributed by atoms with Crippen molar-refractivity contribution in [2.75, 3.05) is 0 Å². The lowest BCUT2D eigenvalue weighted by Gasteiger charge is -2.21. The Hall–Kier alpha value is -1.25. The first-order chi connectivity index (χ1) is 6.45. The lowest BCUT2D eigenvalue weighted by atomic mass is 10.0. The molecule has 1 N–H and O–H groups in total. The van der Waals surface area contributed by atoms with E-state index in [1.807, 2.05) is 32.9 Å². The zero-order valence-corrected chi connectivity index (χ0v) is 9.11. The van der Waals surface area contributed by atoms with Crippen LogP contribution in [0.3, 0.4) is 0 Å². The van der Waals surface area contributed by atoms with Gasteiger partial charge in [-0.15, -0.1) is 0 Å². The van der Waals surface area contributed by atoms with E-state index in [4.69, 9.17) is 5.11 Å². The Morgan fingerprint density at radius 2 is 1.71 bits per heavy atom. The normalized spacial score (nSPS) is 15.1. The minimum absolute atomic E-state index is 0.00231. The summed E-state index contributed by atoms with van der Waals surface area (Å²) in [4.78, 5) is 10.8. The second-order valence-corrected chi connectivity index (χ2v) is 3.85. The van der Waals surface area contributed by atoms with E-state index in [1.165, 1.54) is 0 Å². The van der Waals surface area contributed by atoms with E-state index in [0.717, 1.165) is 11.4 Å². The van der Waals surface area contributed by atoms with Gasteiger partial charge in [0.15, 0.2) is 0 Å². The molecule has 0 fully saturated rings. The highest BCUT2D eigenvalue weighted by atomic mass is 16.4. The van der Waals surface area contributed by atoms with Crippen LogP contribution in [0.1, 0.15) is 31.3 Å². The highest BCUT2D eigenvalue weighted by Crippen LogP contribution is 2.22. The monoisotopic (exact) mass is 195 g/mol. The molecule has 0 aliphatic rings. The Bertz CT molecular complexity index is 322. The van der Waals surface area contributed by atoms with Gasteiger partial charge in [0.05, 0.1) is 5.92 Å². The summed E-state index contributed by atoms with van der Waals surface area (Å²) in [5, 5.41) is 8.92. The molecule has 0 saturated heterocycles. The van der Waals surface area contributed by atoms with E-state index in [1.54, 1.807) is 6.92 Å². The van der Waals surface area contributed by atoms with Crippen LogP contribution in [0.5, 0.6) is 0 Å². The van der Waals surface area contributed by atoms with Gasteiger partial charge in [-0.25, -0.2) is 0 Å². The molecule has 1 aromatic rings. The molecule has 0 aromatic carbocycles. The van der Waals surface area contributed by atoms with Crippen molar-refractivity contribution in [2.24, 2.45) is 5.92 Å². The molecule has 0 saturated carbocycles. The van der Waals surface area contributed by atoms with Crippen LogP contribution >= 0.6 is 0 Å². The van der Waals surface area contributed by atoms with E-state index in [0.29, 0.717) is 0 Å². The fourth-order valence-corrected chi connectivity index (χ4v) is 1.75. The van der Waals surface area contributed by atoms with E-state index < -0.39 is 5.97 Å². The number of nitrogens with zero attached hydrogens (tertiary/aromatic N) is 1. The molecule has 14 heavy (non-hydrogen) atoms. The Morgan fingerprint density at radius 3 is 2.07 bits per heavy atom. The second-order valence-electron chi connectivity index (χ2n) is 3.85. The molecule has 0 aliphatic carbocycles. The van der Waals surface area contributed by atoms with Crippen molar-refractivity contribution in [2.45, 2.75) is 33.7 Å². The predicted octanol–water partition coefficient (Wildman–Crippen LogP) is 2.39. The zero-order chi connectivity index (χ0) is 10.9. The number of carboxylic acid groups (broad SMARTS) is 1. The Morgan fingerprint density at radius 1 is 1.29 bits per heavy atom. The number of carbonyl (C=O) groups is 1. The maximum Gasteiger partial charge on any atom is 0.308 e. The highest BCUT2D eigenvalue weighted by molar-refractivity contribution is 5.70. The van der Waals surface area contributed by atoms with Gasteiger partial charge in [-0.1, -0.05) is 0 Å². The molecule has 2 atom stereocenters. The van der Waals surface area contributed by atoms with Crippen molar-refractivity contribution in [3.8, 4) is 0 Å². The summed E-state index contributed by atoms with van der Waals surface area (Å²) in [6.07, 6.45) is 0. The number of aryl methyl sites for hydroxylation is 2. The number of aliphatic carboxylic acids is 1. The summed E-state index contributed by atoms with van der Waals surface area (Å²) in [5.74, 6) is -1.11. The fraction of sp³-hybridized carbons (Fsp3) is 0.545. The van der Waals surface area contributed by atoms with Gasteiger partial charge in [-0.2, -0.15) is 0 Å². The minimum atomic E-state index is -0.745. The van der Waals surface area contributed by atoms with E-state index >= 15 is 0 Å². The molecule has 2 unspecified atom stereocenters. The van der Waals surface area contributed by atoms with Crippen LogP contribution in [0, 0.1) is 19.8 Å². The third kappa shape index (κ3) is 1.81. The summed E-state index contributed by atoms with van der Waals surface area (Å²) in [7, 11) is 0. The molecule has 0 spiro atoms. The molecule has 1 aromatic heterocycles. The van der Waals surface area contributed by atoms with Gasteiger partial charge in [0.1, 0.15) is 0 Å². The fourth-order valence-electron chi connectivity index (χ4n) is 1.75. The predicted molar refractivity (Wildman–Crippen MR) is 55.4 cm³/mol. The van der Waals surface area contributed by atoms with Gasteiger partial charge in [0.25, 0.3) is 0 Å². The first-order valence-corrected chi connectivity index (χ1v) is 4.82. The minimum Gasteiger partial charge on any atom is -0.481 e. The van der Waals surface area contributed by atoms with Crippen LogP contribution in [-0.2, 0) is 4.79 Å². The maximum absolute atomic E-state index is 10.8. The lowest BCUT2D eigenvalue weighted by Crippen LogP contribution is -2.22. The topological polar surface area (TPSA) is 42.2 Å². The van der Waals surface area contributed by atoms with Crippen LogP contribution in [0.25, 0.3) is 0 Å². The van der Waals surface area contributed by atoms with Crippen molar-refractivity contribution in [1.82, 2.24) is 4.57 Å². The molecule has 78 valence electrons. The average molecular weight is 195 g/mol. The molecule has 0 radical (unpaired) electrons. The van der Waals surface area contributed by atoms with Crippen LogP contribution in [0.2, 0.25) is 0 Å². The van der Waals surface area contributed by atoms with Crippen molar-refractivity contribution in [1.29, 1.82) is 0 Å². The molecule has 3 heteroatoms. The van der Waals surface area contributed by atoms with E-state index in [2.05, 4.69) is 4.57 Å². The van der Waals surface area contributed by atoms with Crippen molar-refractivity contribution >= 4 is 5.97 Å². The third-order valence-corrected chi connectivity index (χ3v) is 2.85. The molecule has 3 nitrogen and oxygen atoms in total. The Balaban J connectivity index is 2.99. The van der Waals surface area contributed by atoms with Crippen molar-refractivity contribution < 1.29 is 9.90 Å². The Labute approximate surface area is 84.4 Å². The Kier molecular flexibility index (Phi) is 2.99. The second kappa shape index (κ2) is 3.86. The summed E-state index contributed by atoms with van der Waals surface area (Å²) in [5.41, 5.74) is 2.23.